The topological polar surface area (TPSA) is 270 Å². The number of nitrogens with one attached hydrogen (secondary N) is 4. The lowest BCUT2D eigenvalue weighted by Crippen LogP contribution is -2.27. The molecule has 19 heteroatoms. The molecule has 0 radical (unpaired) electrons. The van der Waals surface area contributed by atoms with Crippen LogP contribution in [0.5, 0.6) is 0 Å². The first-order chi connectivity index (χ1) is 25.1. The van der Waals surface area contributed by atoms with Crippen LogP contribution in [0.3, 0.4) is 0 Å². The predicted octanol–water partition coefficient (Wildman–Crippen LogP) is 4.82. The molecule has 0 heterocycles. The molecule has 0 fully saturated rings. The summed E-state index contributed by atoms with van der Waals surface area (Å²) in [4.78, 5) is 49.0. The number of carboxylic acids is 1. The predicted molar refractivity (Wildman–Crippen MR) is 195 cm³/mol. The van der Waals surface area contributed by atoms with Crippen LogP contribution in [0, 0.1) is 0 Å². The minimum Gasteiger partial charge on any atom is -0.478 e. The zero-order valence-electron chi connectivity index (χ0n) is 26.6. The van der Waals surface area contributed by atoms with Gasteiger partial charge < -0.3 is 15.7 Å². The fourth-order valence-corrected chi connectivity index (χ4v) is 6.49. The van der Waals surface area contributed by atoms with E-state index in [1.54, 1.807) is 30.3 Å². The molecule has 53 heavy (non-hydrogen) atoms. The quantitative estimate of drug-likeness (QED) is 0.0893. The van der Waals surface area contributed by atoms with E-state index in [0.29, 0.717) is 5.69 Å². The number of nitrogens with zero attached hydrogens (tertiary/aromatic N) is 2. The zero-order valence-corrected chi connectivity index (χ0v) is 28.3. The molecule has 2 aliphatic rings. The van der Waals surface area contributed by atoms with Crippen molar-refractivity contribution in [2.75, 3.05) is 21.5 Å². The first kappa shape index (κ1) is 36.0. The average molecular weight is 757 g/mol. The van der Waals surface area contributed by atoms with E-state index in [2.05, 4.69) is 31.7 Å². The molecule has 0 unspecified atom stereocenters. The number of benzene rings is 4. The number of urea groups is 1. The van der Waals surface area contributed by atoms with Crippen LogP contribution >= 0.6 is 0 Å². The normalized spacial score (nSPS) is 15.5. The Morgan fingerprint density at radius 3 is 1.40 bits per heavy atom. The summed E-state index contributed by atoms with van der Waals surface area (Å²) < 4.78 is 68.7. The highest BCUT2D eigenvalue weighted by atomic mass is 32.2. The number of hydrazone groups is 2. The molecule has 0 saturated carbocycles. The molecule has 0 atom stereocenters. The van der Waals surface area contributed by atoms with Gasteiger partial charge in [0.15, 0.2) is 11.4 Å². The van der Waals surface area contributed by atoms with Crippen molar-refractivity contribution in [1.82, 2.24) is 0 Å². The first-order valence-corrected chi connectivity index (χ1v) is 17.9. The summed E-state index contributed by atoms with van der Waals surface area (Å²) in [6.07, 6.45) is 2.01. The van der Waals surface area contributed by atoms with E-state index in [4.69, 9.17) is 5.11 Å². The Morgan fingerprint density at radius 1 is 0.566 bits per heavy atom. The summed E-state index contributed by atoms with van der Waals surface area (Å²) in [5.74, 6) is -2.87. The molecule has 4 aromatic carbocycles. The third-order valence-electron chi connectivity index (χ3n) is 7.63. The second-order valence-corrected chi connectivity index (χ2v) is 14.0. The highest BCUT2D eigenvalue weighted by molar-refractivity contribution is 7.91. The van der Waals surface area contributed by atoms with Crippen molar-refractivity contribution in [3.8, 4) is 0 Å². The Bertz CT molecular complexity index is 2580. The van der Waals surface area contributed by atoms with Gasteiger partial charge in [-0.1, -0.05) is 18.2 Å². The number of fused-ring (bicyclic) bond motifs is 2. The first-order valence-electron chi connectivity index (χ1n) is 15.0. The number of para-hydroxylation sites is 1. The van der Waals surface area contributed by atoms with Gasteiger partial charge in [0.05, 0.1) is 16.9 Å². The lowest BCUT2D eigenvalue weighted by Gasteiger charge is -2.18. The fraction of sp³-hybridized carbons (Fsp3) is 0. The van der Waals surface area contributed by atoms with Crippen molar-refractivity contribution in [1.29, 1.82) is 0 Å². The van der Waals surface area contributed by atoms with E-state index in [1.165, 1.54) is 60.7 Å². The second-order valence-electron chi connectivity index (χ2n) is 11.2. The Labute approximate surface area is 299 Å². The molecular formula is C34H24N6O11S2. The third-order valence-corrected chi connectivity index (χ3v) is 9.37. The van der Waals surface area contributed by atoms with Gasteiger partial charge in [0.2, 0.25) is 11.6 Å². The Hall–Kier alpha value is -6.80. The number of carboxylic acid groups (broad SMARTS) is 1. The second kappa shape index (κ2) is 14.1. The Morgan fingerprint density at radius 2 is 0.981 bits per heavy atom. The highest BCUT2D eigenvalue weighted by Crippen LogP contribution is 2.30. The van der Waals surface area contributed by atoms with Gasteiger partial charge in [-0.2, -0.15) is 27.0 Å². The number of aromatic carboxylic acids is 1. The van der Waals surface area contributed by atoms with Gasteiger partial charge in [0.1, 0.15) is 9.81 Å². The van der Waals surface area contributed by atoms with Crippen LogP contribution in [0.15, 0.2) is 111 Å². The molecule has 0 saturated heterocycles. The van der Waals surface area contributed by atoms with E-state index in [0.717, 1.165) is 12.2 Å². The van der Waals surface area contributed by atoms with Crippen molar-refractivity contribution >= 4 is 90.1 Å². The number of rotatable bonds is 9. The highest BCUT2D eigenvalue weighted by Gasteiger charge is 2.34. The molecule has 2 amide bonds. The van der Waals surface area contributed by atoms with E-state index in [-0.39, 0.29) is 44.9 Å². The number of Topliss-reactive ketones (excluding diaryl/α,β-unsaturated/α-hetero) is 2. The lowest BCUT2D eigenvalue weighted by atomic mass is 9.94. The summed E-state index contributed by atoms with van der Waals surface area (Å²) in [5.41, 5.74) is 4.78. The smallest absolute Gasteiger partial charge is 0.335 e. The SMILES string of the molecule is O=C(Nc1ccc2c(c1)C=C(S(=O)(=O)O)/C(=N\Nc1ccccc1)C2=O)Nc1ccc2c(c1)C=C(S(=O)(=O)O)/C(=N\Nc1ccc(C(=O)O)cc1)C2=O. The van der Waals surface area contributed by atoms with E-state index < -0.39 is 65.0 Å². The Kier molecular flexibility index (Phi) is 9.56. The van der Waals surface area contributed by atoms with E-state index in [9.17, 15) is 45.1 Å². The van der Waals surface area contributed by atoms with Crippen molar-refractivity contribution < 1.29 is 50.2 Å². The molecule has 0 aliphatic heterocycles. The molecule has 268 valence electrons. The standard InChI is InChI=1S/C34H24N6O11S2/c41-31-25-12-10-23(14-19(25)16-27(52(46,47)48)29(31)39-37-21-4-2-1-3-5-21)35-34(45)36-24-11-13-26-20(15-24)17-28(53(49,50)51)30(32(26)42)40-38-22-8-6-18(7-9-22)33(43)44/h1-17,37-38H,(H,43,44)(H2,35,36,45)(H,46,47,48)(H,49,50,51)/b39-29+,40-30+. The van der Waals surface area contributed by atoms with Gasteiger partial charge in [0, 0.05) is 22.5 Å². The lowest BCUT2D eigenvalue weighted by molar-refractivity contribution is 0.0696. The van der Waals surface area contributed by atoms with Crippen molar-refractivity contribution in [2.24, 2.45) is 10.2 Å². The van der Waals surface area contributed by atoms with Gasteiger partial charge in [0.25, 0.3) is 20.2 Å². The van der Waals surface area contributed by atoms with Crippen molar-refractivity contribution in [2.45, 2.75) is 0 Å². The number of allylic oxidation sites excluding steroid dienone is 2. The summed E-state index contributed by atoms with van der Waals surface area (Å²) in [6.45, 7) is 0. The number of hydrogen-bond donors (Lipinski definition) is 7. The monoisotopic (exact) mass is 756 g/mol. The number of carbonyl (C=O) groups excluding carboxylic acids is 3. The van der Waals surface area contributed by atoms with Gasteiger partial charge in [-0.3, -0.25) is 29.5 Å². The molecule has 0 bridgehead atoms. The molecule has 2 aliphatic carbocycles. The van der Waals surface area contributed by atoms with Gasteiger partial charge >= 0.3 is 12.0 Å². The fourth-order valence-electron chi connectivity index (χ4n) is 5.17. The molecule has 4 aromatic rings. The van der Waals surface area contributed by atoms with Gasteiger partial charge in [-0.15, -0.1) is 0 Å². The summed E-state index contributed by atoms with van der Waals surface area (Å²) in [7, 11) is -9.92. The van der Waals surface area contributed by atoms with Crippen molar-refractivity contribution in [3.05, 3.63) is 129 Å². The molecule has 17 nitrogen and oxygen atoms in total. The van der Waals surface area contributed by atoms with Crippen LogP contribution in [0.2, 0.25) is 0 Å². The molecule has 0 aromatic heterocycles. The van der Waals surface area contributed by atoms with E-state index >= 15 is 0 Å². The van der Waals surface area contributed by atoms with Gasteiger partial charge in [-0.25, -0.2) is 9.59 Å². The molecule has 7 N–H and O–H groups in total. The number of ketones is 2. The average Bonchev–Trinajstić information content (AvgIpc) is 3.10. The van der Waals surface area contributed by atoms with Crippen LogP contribution in [0.4, 0.5) is 27.5 Å². The summed E-state index contributed by atoms with van der Waals surface area (Å²) in [6, 6.07) is 20.6. The van der Waals surface area contributed by atoms with Crippen LogP contribution < -0.4 is 21.5 Å². The number of anilines is 4. The maximum absolute atomic E-state index is 13.3. The maximum Gasteiger partial charge on any atom is 0.335 e. The van der Waals surface area contributed by atoms with Crippen molar-refractivity contribution in [3.63, 3.8) is 0 Å². The minimum absolute atomic E-state index is 0.0135. The third kappa shape index (κ3) is 7.92. The van der Waals surface area contributed by atoms with Crippen LogP contribution in [-0.4, -0.2) is 66.0 Å². The van der Waals surface area contributed by atoms with Crippen LogP contribution in [0.25, 0.3) is 12.2 Å². The van der Waals surface area contributed by atoms with Crippen LogP contribution in [0.1, 0.15) is 42.2 Å². The number of amides is 2. The molecule has 0 spiro atoms. The largest absolute Gasteiger partial charge is 0.478 e. The molecular weight excluding hydrogens is 733 g/mol. The number of carbonyl (C=O) groups is 4. The maximum atomic E-state index is 13.3. The molecule has 6 rings (SSSR count). The minimum atomic E-state index is -4.99. The van der Waals surface area contributed by atoms with E-state index in [1.807, 2.05) is 0 Å². The van der Waals surface area contributed by atoms with Crippen LogP contribution in [-0.2, 0) is 20.2 Å². The zero-order chi connectivity index (χ0) is 38.1. The number of hydrogen-bond acceptors (Lipinski definition) is 12. The van der Waals surface area contributed by atoms with Gasteiger partial charge in [-0.05, 0) is 96.1 Å². The summed E-state index contributed by atoms with van der Waals surface area (Å²) >= 11 is 0. The summed E-state index contributed by atoms with van der Waals surface area (Å²) in [5, 5.41) is 21.9. The Balaban J connectivity index is 1.21.